The van der Waals surface area contributed by atoms with E-state index in [0.29, 0.717) is 18.1 Å². The van der Waals surface area contributed by atoms with Gasteiger partial charge in [-0.2, -0.15) is 11.8 Å². The van der Waals surface area contributed by atoms with E-state index in [1.807, 2.05) is 26.0 Å². The first-order valence-electron chi connectivity index (χ1n) is 17.9. The quantitative estimate of drug-likeness (QED) is 0.0933. The number of thioether (sulfide) groups is 1. The third-order valence-electron chi connectivity index (χ3n) is 9.70. The molecule has 0 aliphatic rings. The van der Waals surface area contributed by atoms with E-state index >= 15 is 0 Å². The van der Waals surface area contributed by atoms with Gasteiger partial charge in [-0.05, 0) is 66.5 Å². The number of rotatable bonds is 20. The molecule has 0 saturated heterocycles. The fourth-order valence-electron chi connectivity index (χ4n) is 7.08. The largest absolute Gasteiger partial charge is 0.469 e. The molecule has 1 N–H and O–H groups in total. The van der Waals surface area contributed by atoms with Crippen LogP contribution >= 0.6 is 11.8 Å². The Kier molecular flexibility index (Phi) is 15.7. The molecule has 0 aromatic heterocycles. The number of benzene rings is 3. The number of carbonyl (C=O) groups excluding carboxylic acids is 2. The van der Waals surface area contributed by atoms with Crippen LogP contribution in [0.4, 0.5) is 0 Å². The molecule has 5 atom stereocenters. The number of hydrogen-bond acceptors (Lipinski definition) is 6. The lowest BCUT2D eigenvalue weighted by Crippen LogP contribution is -2.43. The van der Waals surface area contributed by atoms with Gasteiger partial charge in [0.25, 0.3) is 0 Å². The van der Waals surface area contributed by atoms with Crippen molar-refractivity contribution in [2.75, 3.05) is 24.8 Å². The Hall–Kier alpha value is -2.87. The zero-order valence-corrected chi connectivity index (χ0v) is 32.9. The standard InChI is InChI=1S/C42H60O5SSi/c1-9-32(2)25-35(34-19-13-10-14-20-34)27-42(36-21-15-11-16-22-36,37-23-17-12-18-24-37)30-41(4,26-33(3)39(44)46-5)40(45)47-28-38(43)29-48-31-49(6,7)8/h10-24,32-33,35,38,43H,9,25-31H2,1-8H3. The highest BCUT2D eigenvalue weighted by molar-refractivity contribution is 8.00. The highest BCUT2D eigenvalue weighted by atomic mass is 32.2. The van der Waals surface area contributed by atoms with Crippen LogP contribution in [0.1, 0.15) is 82.4 Å². The van der Waals surface area contributed by atoms with Gasteiger partial charge in [-0.15, -0.1) is 0 Å². The molecule has 0 aliphatic carbocycles. The minimum absolute atomic E-state index is 0.0793. The van der Waals surface area contributed by atoms with Gasteiger partial charge in [-0.25, -0.2) is 0 Å². The van der Waals surface area contributed by atoms with Crippen molar-refractivity contribution in [3.05, 3.63) is 108 Å². The van der Waals surface area contributed by atoms with Gasteiger partial charge in [0.2, 0.25) is 0 Å². The van der Waals surface area contributed by atoms with Crippen molar-refractivity contribution < 1.29 is 24.2 Å². The SMILES string of the molecule is CCC(C)CC(CC(CC(C)(CC(C)C(=O)OC)C(=O)OCC(O)CSC[Si](C)(C)C)(c1ccccc1)c1ccccc1)c1ccccc1. The number of methoxy groups -OCH3 is 1. The zero-order valence-electron chi connectivity index (χ0n) is 31.1. The fourth-order valence-corrected chi connectivity index (χ4v) is 10.4. The highest BCUT2D eigenvalue weighted by Crippen LogP contribution is 2.51. The Labute approximate surface area is 301 Å². The van der Waals surface area contributed by atoms with Crippen molar-refractivity contribution in [2.24, 2.45) is 17.3 Å². The van der Waals surface area contributed by atoms with Crippen LogP contribution in [0.2, 0.25) is 19.6 Å². The number of aliphatic hydroxyl groups is 1. The van der Waals surface area contributed by atoms with Crippen LogP contribution in [0.5, 0.6) is 0 Å². The number of hydrogen-bond donors (Lipinski definition) is 1. The van der Waals surface area contributed by atoms with Crippen LogP contribution in [0, 0.1) is 17.3 Å². The zero-order chi connectivity index (χ0) is 36.1. The summed E-state index contributed by atoms with van der Waals surface area (Å²) >= 11 is 1.72. The summed E-state index contributed by atoms with van der Waals surface area (Å²) in [7, 11) is 0.116. The first kappa shape index (κ1) is 40.6. The lowest BCUT2D eigenvalue weighted by Gasteiger charge is -2.44. The van der Waals surface area contributed by atoms with Gasteiger partial charge in [-0.3, -0.25) is 9.59 Å². The molecule has 0 radical (unpaired) electrons. The predicted molar refractivity (Wildman–Crippen MR) is 208 cm³/mol. The van der Waals surface area contributed by atoms with Gasteiger partial charge in [0.05, 0.1) is 32.6 Å². The Bertz CT molecular complexity index is 1370. The fraction of sp³-hybridized carbons (Fsp3) is 0.524. The van der Waals surface area contributed by atoms with Gasteiger partial charge in [0.1, 0.15) is 6.61 Å². The smallest absolute Gasteiger partial charge is 0.311 e. The van der Waals surface area contributed by atoms with E-state index in [-0.39, 0.29) is 24.9 Å². The molecule has 0 amide bonds. The minimum atomic E-state index is -1.27. The maximum absolute atomic E-state index is 14.5. The molecule has 3 aromatic rings. The molecule has 0 aliphatic heterocycles. The molecular formula is C42H60O5SSi. The Morgan fingerprint density at radius 3 is 1.88 bits per heavy atom. The third kappa shape index (κ3) is 12.1. The van der Waals surface area contributed by atoms with Crippen molar-refractivity contribution in [1.29, 1.82) is 0 Å². The van der Waals surface area contributed by atoms with Gasteiger partial charge in [0, 0.05) is 11.2 Å². The molecule has 49 heavy (non-hydrogen) atoms. The van der Waals surface area contributed by atoms with Crippen molar-refractivity contribution in [1.82, 2.24) is 0 Å². The maximum atomic E-state index is 14.5. The van der Waals surface area contributed by atoms with E-state index in [4.69, 9.17) is 9.47 Å². The molecule has 3 aromatic carbocycles. The summed E-state index contributed by atoms with van der Waals surface area (Å²) in [5.41, 5.74) is 1.84. The lowest BCUT2D eigenvalue weighted by atomic mass is 9.59. The van der Waals surface area contributed by atoms with E-state index in [2.05, 4.69) is 112 Å². The monoisotopic (exact) mass is 704 g/mol. The summed E-state index contributed by atoms with van der Waals surface area (Å²) in [6.07, 6.45) is 2.74. The lowest BCUT2D eigenvalue weighted by molar-refractivity contribution is -0.161. The summed E-state index contributed by atoms with van der Waals surface area (Å²) in [5, 5.41) is 11.9. The second-order valence-electron chi connectivity index (χ2n) is 15.6. The molecule has 3 rings (SSSR count). The van der Waals surface area contributed by atoms with E-state index < -0.39 is 36.9 Å². The summed E-state index contributed by atoms with van der Waals surface area (Å²) < 4.78 is 11.2. The molecule has 0 bridgehead atoms. The van der Waals surface area contributed by atoms with Gasteiger partial charge in [0.15, 0.2) is 0 Å². The second kappa shape index (κ2) is 18.9. The molecule has 5 unspecified atom stereocenters. The summed E-state index contributed by atoms with van der Waals surface area (Å²) in [6.45, 7) is 15.1. The van der Waals surface area contributed by atoms with E-state index in [1.54, 1.807) is 11.8 Å². The molecule has 0 spiro atoms. The van der Waals surface area contributed by atoms with Crippen molar-refractivity contribution in [3.63, 3.8) is 0 Å². The predicted octanol–water partition coefficient (Wildman–Crippen LogP) is 9.69. The van der Waals surface area contributed by atoms with Crippen LogP contribution in [0.3, 0.4) is 0 Å². The first-order chi connectivity index (χ1) is 23.2. The molecule has 5 nitrogen and oxygen atoms in total. The Morgan fingerprint density at radius 1 is 0.857 bits per heavy atom. The average molecular weight is 705 g/mol. The number of esters is 2. The number of aliphatic hydroxyl groups excluding tert-OH is 1. The minimum Gasteiger partial charge on any atom is -0.469 e. The number of ether oxygens (including phenoxy) is 2. The van der Waals surface area contributed by atoms with E-state index in [9.17, 15) is 14.7 Å². The summed E-state index contributed by atoms with van der Waals surface area (Å²) in [6, 6.07) is 31.8. The first-order valence-corrected chi connectivity index (χ1v) is 22.8. The Morgan fingerprint density at radius 2 is 1.39 bits per heavy atom. The Balaban J connectivity index is 2.15. The third-order valence-corrected chi connectivity index (χ3v) is 14.6. The van der Waals surface area contributed by atoms with Crippen LogP contribution in [-0.2, 0) is 24.5 Å². The van der Waals surface area contributed by atoms with Crippen molar-refractivity contribution >= 4 is 31.8 Å². The van der Waals surface area contributed by atoms with Crippen LogP contribution < -0.4 is 0 Å². The van der Waals surface area contributed by atoms with Gasteiger partial charge < -0.3 is 14.6 Å². The molecule has 268 valence electrons. The molecule has 0 heterocycles. The van der Waals surface area contributed by atoms with Crippen LogP contribution in [0.25, 0.3) is 0 Å². The topological polar surface area (TPSA) is 72.8 Å². The van der Waals surface area contributed by atoms with Crippen LogP contribution in [-0.4, -0.2) is 56.1 Å². The summed E-state index contributed by atoms with van der Waals surface area (Å²) in [4.78, 5) is 27.4. The average Bonchev–Trinajstić information content (AvgIpc) is 3.09. The van der Waals surface area contributed by atoms with E-state index in [1.165, 1.54) is 12.7 Å². The molecular weight excluding hydrogens is 645 g/mol. The van der Waals surface area contributed by atoms with Crippen LogP contribution in [0.15, 0.2) is 91.0 Å². The number of carbonyl (C=O) groups is 2. The van der Waals surface area contributed by atoms with Gasteiger partial charge in [-0.1, -0.05) is 138 Å². The van der Waals surface area contributed by atoms with Gasteiger partial charge >= 0.3 is 11.9 Å². The van der Waals surface area contributed by atoms with E-state index in [0.717, 1.165) is 35.8 Å². The second-order valence-corrected chi connectivity index (χ2v) is 22.6. The molecule has 0 fully saturated rings. The molecule has 0 saturated carbocycles. The normalized spacial score (nSPS) is 15.8. The van der Waals surface area contributed by atoms with Crippen molar-refractivity contribution in [3.8, 4) is 0 Å². The van der Waals surface area contributed by atoms with Crippen molar-refractivity contribution in [2.45, 2.75) is 96.9 Å². The maximum Gasteiger partial charge on any atom is 0.311 e. The summed E-state index contributed by atoms with van der Waals surface area (Å²) in [5.74, 6) is -0.0589. The highest BCUT2D eigenvalue weighted by Gasteiger charge is 2.48. The molecule has 7 heteroatoms.